The van der Waals surface area contributed by atoms with E-state index in [1.165, 1.54) is 32.1 Å². The Hall–Kier alpha value is -0.0800. The lowest BCUT2D eigenvalue weighted by atomic mass is 9.78. The Morgan fingerprint density at radius 2 is 1.87 bits per heavy atom. The number of nitrogens with one attached hydrogen (secondary N) is 1. The van der Waals surface area contributed by atoms with Gasteiger partial charge in [0.15, 0.2) is 0 Å². The number of likely N-dealkylation sites (N-methyl/N-ethyl adjacent to an activating group) is 1. The molecule has 0 aromatic rings. The van der Waals surface area contributed by atoms with Crippen molar-refractivity contribution >= 4 is 0 Å². The van der Waals surface area contributed by atoms with Crippen LogP contribution in [0.2, 0.25) is 0 Å². The number of rotatable bonds is 6. The summed E-state index contributed by atoms with van der Waals surface area (Å²) in [7, 11) is 1.81. The molecule has 1 aliphatic rings. The summed E-state index contributed by atoms with van der Waals surface area (Å²) in [6.07, 6.45) is 6.99. The van der Waals surface area contributed by atoms with Gasteiger partial charge in [0.25, 0.3) is 0 Å². The van der Waals surface area contributed by atoms with Crippen LogP contribution in [0.25, 0.3) is 0 Å². The lowest BCUT2D eigenvalue weighted by molar-refractivity contribution is 0.117. The molecule has 1 N–H and O–H groups in total. The molecule has 0 bridgehead atoms. The van der Waals surface area contributed by atoms with E-state index in [0.29, 0.717) is 6.04 Å². The van der Waals surface area contributed by atoms with Crippen molar-refractivity contribution < 1.29 is 4.74 Å². The van der Waals surface area contributed by atoms with Crippen LogP contribution in [0, 0.1) is 11.8 Å². The fourth-order valence-corrected chi connectivity index (χ4v) is 2.80. The zero-order valence-electron chi connectivity index (χ0n) is 10.6. The fourth-order valence-electron chi connectivity index (χ4n) is 2.80. The second kappa shape index (κ2) is 7.24. The van der Waals surface area contributed by atoms with Gasteiger partial charge in [-0.25, -0.2) is 0 Å². The van der Waals surface area contributed by atoms with E-state index in [0.717, 1.165) is 25.0 Å². The first-order chi connectivity index (χ1) is 7.31. The summed E-state index contributed by atoms with van der Waals surface area (Å²) in [4.78, 5) is 0. The second-order valence-electron chi connectivity index (χ2n) is 4.81. The van der Waals surface area contributed by atoms with Crippen LogP contribution in [-0.2, 0) is 4.74 Å². The predicted molar refractivity (Wildman–Crippen MR) is 65.1 cm³/mol. The zero-order chi connectivity index (χ0) is 11.1. The third kappa shape index (κ3) is 4.12. The highest BCUT2D eigenvalue weighted by atomic mass is 16.5. The van der Waals surface area contributed by atoms with Gasteiger partial charge in [-0.2, -0.15) is 0 Å². The lowest BCUT2D eigenvalue weighted by Gasteiger charge is -2.33. The van der Waals surface area contributed by atoms with Crippen molar-refractivity contribution in [3.8, 4) is 0 Å². The highest BCUT2D eigenvalue weighted by Gasteiger charge is 2.26. The molecule has 0 spiro atoms. The van der Waals surface area contributed by atoms with Crippen LogP contribution in [0.1, 0.15) is 46.0 Å². The first-order valence-corrected chi connectivity index (χ1v) is 6.54. The first-order valence-electron chi connectivity index (χ1n) is 6.54. The van der Waals surface area contributed by atoms with E-state index >= 15 is 0 Å². The molecule has 1 unspecified atom stereocenters. The van der Waals surface area contributed by atoms with Gasteiger partial charge in [-0.15, -0.1) is 0 Å². The number of methoxy groups -OCH3 is 1. The minimum absolute atomic E-state index is 0.581. The van der Waals surface area contributed by atoms with E-state index in [1.807, 2.05) is 7.11 Å². The Balaban J connectivity index is 2.34. The maximum Gasteiger partial charge on any atom is 0.0618 e. The average molecular weight is 213 g/mol. The summed E-state index contributed by atoms with van der Waals surface area (Å²) >= 11 is 0. The van der Waals surface area contributed by atoms with Gasteiger partial charge in [0.05, 0.1) is 6.61 Å². The Bertz CT molecular complexity index is 147. The van der Waals surface area contributed by atoms with E-state index < -0.39 is 0 Å². The molecule has 2 heteroatoms. The standard InChI is InChI=1S/C13H27NO/c1-4-11-6-8-12(9-7-11)13(10-15-3)14-5-2/h11-14H,4-10H2,1-3H3. The second-order valence-corrected chi connectivity index (χ2v) is 4.81. The number of hydrogen-bond donors (Lipinski definition) is 1. The van der Waals surface area contributed by atoms with E-state index in [4.69, 9.17) is 4.74 Å². The van der Waals surface area contributed by atoms with Crippen molar-refractivity contribution in [2.75, 3.05) is 20.3 Å². The van der Waals surface area contributed by atoms with Gasteiger partial charge in [0.1, 0.15) is 0 Å². The summed E-state index contributed by atoms with van der Waals surface area (Å²) in [6.45, 7) is 6.43. The van der Waals surface area contributed by atoms with Crippen molar-refractivity contribution in [3.63, 3.8) is 0 Å². The van der Waals surface area contributed by atoms with Gasteiger partial charge < -0.3 is 10.1 Å². The molecule has 1 aliphatic carbocycles. The summed E-state index contributed by atoms with van der Waals surface area (Å²) in [5.74, 6) is 1.83. The molecule has 0 saturated heterocycles. The zero-order valence-corrected chi connectivity index (χ0v) is 10.6. The van der Waals surface area contributed by atoms with Crippen molar-refractivity contribution in [1.29, 1.82) is 0 Å². The molecule has 0 aliphatic heterocycles. The summed E-state index contributed by atoms with van der Waals surface area (Å²) in [5.41, 5.74) is 0. The van der Waals surface area contributed by atoms with Crippen molar-refractivity contribution in [1.82, 2.24) is 5.32 Å². The molecule has 1 fully saturated rings. The van der Waals surface area contributed by atoms with Crippen LogP contribution >= 0.6 is 0 Å². The number of ether oxygens (including phenoxy) is 1. The molecule has 15 heavy (non-hydrogen) atoms. The van der Waals surface area contributed by atoms with Crippen LogP contribution in [0.15, 0.2) is 0 Å². The molecule has 90 valence electrons. The number of hydrogen-bond acceptors (Lipinski definition) is 2. The monoisotopic (exact) mass is 213 g/mol. The molecule has 1 saturated carbocycles. The molecule has 0 aromatic carbocycles. The molecule has 2 nitrogen and oxygen atoms in total. The SMILES string of the molecule is CCNC(COC)C1CCC(CC)CC1. The van der Waals surface area contributed by atoms with E-state index in [9.17, 15) is 0 Å². The molecule has 0 aromatic heterocycles. The summed E-state index contributed by atoms with van der Waals surface area (Å²) in [6, 6.07) is 0.581. The van der Waals surface area contributed by atoms with Gasteiger partial charge in [0, 0.05) is 13.2 Å². The summed E-state index contributed by atoms with van der Waals surface area (Å²) < 4.78 is 5.30. The van der Waals surface area contributed by atoms with E-state index in [2.05, 4.69) is 19.2 Å². The quantitative estimate of drug-likeness (QED) is 0.732. The van der Waals surface area contributed by atoms with Gasteiger partial charge >= 0.3 is 0 Å². The minimum Gasteiger partial charge on any atom is -0.383 e. The first kappa shape index (κ1) is 13.0. The molecular formula is C13H27NO. The van der Waals surface area contributed by atoms with E-state index in [-0.39, 0.29) is 0 Å². The minimum atomic E-state index is 0.581. The van der Waals surface area contributed by atoms with Crippen molar-refractivity contribution in [3.05, 3.63) is 0 Å². The third-order valence-electron chi connectivity index (χ3n) is 3.85. The van der Waals surface area contributed by atoms with Crippen LogP contribution in [0.5, 0.6) is 0 Å². The van der Waals surface area contributed by atoms with E-state index in [1.54, 1.807) is 0 Å². The molecule has 0 radical (unpaired) electrons. The van der Waals surface area contributed by atoms with Crippen LogP contribution in [0.4, 0.5) is 0 Å². The molecular weight excluding hydrogens is 186 g/mol. The van der Waals surface area contributed by atoms with Gasteiger partial charge in [-0.05, 0) is 31.2 Å². The fraction of sp³-hybridized carbons (Fsp3) is 1.00. The maximum atomic E-state index is 5.30. The van der Waals surface area contributed by atoms with Crippen molar-refractivity contribution in [2.45, 2.75) is 52.0 Å². The van der Waals surface area contributed by atoms with Crippen LogP contribution < -0.4 is 5.32 Å². The topological polar surface area (TPSA) is 21.3 Å². The summed E-state index contributed by atoms with van der Waals surface area (Å²) in [5, 5.41) is 3.56. The van der Waals surface area contributed by atoms with Gasteiger partial charge in [-0.3, -0.25) is 0 Å². The molecule has 1 rings (SSSR count). The predicted octanol–water partition coefficient (Wildman–Crippen LogP) is 2.83. The maximum absolute atomic E-state index is 5.30. The average Bonchev–Trinajstić information content (AvgIpc) is 2.29. The Kier molecular flexibility index (Phi) is 6.26. The highest BCUT2D eigenvalue weighted by molar-refractivity contribution is 4.81. The molecule has 1 atom stereocenters. The Morgan fingerprint density at radius 3 is 2.33 bits per heavy atom. The van der Waals surface area contributed by atoms with Gasteiger partial charge in [0.2, 0.25) is 0 Å². The Morgan fingerprint density at radius 1 is 1.20 bits per heavy atom. The Labute approximate surface area is 94.8 Å². The third-order valence-corrected chi connectivity index (χ3v) is 3.85. The smallest absolute Gasteiger partial charge is 0.0618 e. The largest absolute Gasteiger partial charge is 0.383 e. The molecule has 0 amide bonds. The van der Waals surface area contributed by atoms with Gasteiger partial charge in [-0.1, -0.05) is 33.1 Å². The molecule has 0 heterocycles. The van der Waals surface area contributed by atoms with Crippen LogP contribution in [0.3, 0.4) is 0 Å². The normalized spacial score (nSPS) is 29.0. The van der Waals surface area contributed by atoms with Crippen molar-refractivity contribution in [2.24, 2.45) is 11.8 Å². The van der Waals surface area contributed by atoms with Crippen LogP contribution in [-0.4, -0.2) is 26.3 Å². The highest BCUT2D eigenvalue weighted by Crippen LogP contribution is 2.32. The lowest BCUT2D eigenvalue weighted by Crippen LogP contribution is -2.41.